The molecule has 0 N–H and O–H groups in total. The SMILES string of the molecule is CCOc1ccc2nc(N(CCCn3ccnc3)C(=O)c3ccc(Cl)cc3)sc2c1. The molecule has 2 heterocycles. The lowest BCUT2D eigenvalue weighted by molar-refractivity contribution is 0.0986. The van der Waals surface area contributed by atoms with Crippen LogP contribution in [0, 0.1) is 0 Å². The average molecular weight is 441 g/mol. The molecule has 4 aromatic rings. The maximum Gasteiger partial charge on any atom is 0.260 e. The Labute approximate surface area is 183 Å². The Kier molecular flexibility index (Phi) is 6.30. The minimum Gasteiger partial charge on any atom is -0.494 e. The number of aromatic nitrogens is 3. The number of benzene rings is 2. The van der Waals surface area contributed by atoms with Gasteiger partial charge < -0.3 is 9.30 Å². The molecule has 4 rings (SSSR count). The fourth-order valence-electron chi connectivity index (χ4n) is 3.13. The van der Waals surface area contributed by atoms with Gasteiger partial charge in [0.2, 0.25) is 0 Å². The maximum atomic E-state index is 13.3. The number of thiazole rings is 1. The summed E-state index contributed by atoms with van der Waals surface area (Å²) in [6.45, 7) is 3.86. The molecule has 0 fully saturated rings. The van der Waals surface area contributed by atoms with Crippen molar-refractivity contribution in [3.8, 4) is 5.75 Å². The lowest BCUT2D eigenvalue weighted by Crippen LogP contribution is -2.32. The summed E-state index contributed by atoms with van der Waals surface area (Å²) in [6, 6.07) is 12.7. The Morgan fingerprint density at radius 2 is 2.07 bits per heavy atom. The van der Waals surface area contributed by atoms with Crippen LogP contribution < -0.4 is 9.64 Å². The standard InChI is InChI=1S/C22H21ClN4O2S/c1-2-29-18-8-9-19-20(14-18)30-22(25-19)27(12-3-11-26-13-10-24-15-26)21(28)16-4-6-17(23)7-5-16/h4-10,13-15H,2-3,11-12H2,1H3. The predicted molar refractivity (Wildman–Crippen MR) is 121 cm³/mol. The normalized spacial score (nSPS) is 11.0. The number of carbonyl (C=O) groups is 1. The molecule has 0 saturated carbocycles. The number of fused-ring (bicyclic) bond motifs is 1. The lowest BCUT2D eigenvalue weighted by atomic mass is 10.2. The van der Waals surface area contributed by atoms with Crippen molar-refractivity contribution in [1.82, 2.24) is 14.5 Å². The molecular formula is C22H21ClN4O2S. The van der Waals surface area contributed by atoms with Crippen molar-refractivity contribution < 1.29 is 9.53 Å². The quantitative estimate of drug-likeness (QED) is 0.374. The van der Waals surface area contributed by atoms with Gasteiger partial charge in [-0.1, -0.05) is 22.9 Å². The molecule has 0 bridgehead atoms. The molecular weight excluding hydrogens is 420 g/mol. The largest absolute Gasteiger partial charge is 0.494 e. The van der Waals surface area contributed by atoms with Crippen molar-refractivity contribution in [1.29, 1.82) is 0 Å². The Morgan fingerprint density at radius 3 is 2.80 bits per heavy atom. The van der Waals surface area contributed by atoms with Crippen LogP contribution in [0.15, 0.2) is 61.2 Å². The van der Waals surface area contributed by atoms with Gasteiger partial charge in [0.1, 0.15) is 5.75 Å². The number of hydrogen-bond donors (Lipinski definition) is 0. The molecule has 0 aliphatic heterocycles. The van der Waals surface area contributed by atoms with E-state index < -0.39 is 0 Å². The molecule has 0 aliphatic rings. The molecule has 0 aliphatic carbocycles. The zero-order valence-electron chi connectivity index (χ0n) is 16.5. The van der Waals surface area contributed by atoms with Gasteiger partial charge in [0.15, 0.2) is 5.13 Å². The van der Waals surface area contributed by atoms with E-state index in [1.807, 2.05) is 35.9 Å². The van der Waals surface area contributed by atoms with Crippen molar-refractivity contribution in [3.05, 3.63) is 71.8 Å². The van der Waals surface area contributed by atoms with Gasteiger partial charge >= 0.3 is 0 Å². The molecule has 154 valence electrons. The van der Waals surface area contributed by atoms with Gasteiger partial charge in [0.25, 0.3) is 5.91 Å². The molecule has 2 aromatic carbocycles. The fraction of sp³-hybridized carbons (Fsp3) is 0.227. The molecule has 0 unspecified atom stereocenters. The Balaban J connectivity index is 1.62. The van der Waals surface area contributed by atoms with Crippen LogP contribution in [-0.4, -0.2) is 33.6 Å². The van der Waals surface area contributed by atoms with Gasteiger partial charge in [0.05, 0.1) is 23.2 Å². The second-order valence-electron chi connectivity index (χ2n) is 6.68. The number of nitrogens with zero attached hydrogens (tertiary/aromatic N) is 4. The molecule has 2 aromatic heterocycles. The summed E-state index contributed by atoms with van der Waals surface area (Å²) < 4.78 is 8.58. The van der Waals surface area contributed by atoms with Gasteiger partial charge in [-0.3, -0.25) is 9.69 Å². The van der Waals surface area contributed by atoms with Gasteiger partial charge in [-0.25, -0.2) is 9.97 Å². The van der Waals surface area contributed by atoms with E-state index in [2.05, 4.69) is 4.98 Å². The van der Waals surface area contributed by atoms with Crippen molar-refractivity contribution in [2.75, 3.05) is 18.1 Å². The van der Waals surface area contributed by atoms with E-state index in [0.29, 0.717) is 28.9 Å². The molecule has 0 spiro atoms. The molecule has 0 radical (unpaired) electrons. The first-order chi connectivity index (χ1) is 14.6. The van der Waals surface area contributed by atoms with Crippen LogP contribution in [-0.2, 0) is 6.54 Å². The Hall–Kier alpha value is -2.90. The number of halogens is 1. The molecule has 6 nitrogen and oxygen atoms in total. The van der Waals surface area contributed by atoms with E-state index >= 15 is 0 Å². The minimum absolute atomic E-state index is 0.0959. The third-order valence-corrected chi connectivity index (χ3v) is 5.88. The highest BCUT2D eigenvalue weighted by molar-refractivity contribution is 7.22. The van der Waals surface area contributed by atoms with Gasteiger partial charge in [-0.05, 0) is 55.8 Å². The first kappa shape index (κ1) is 20.4. The average Bonchev–Trinajstić information content (AvgIpc) is 3.41. The number of rotatable bonds is 8. The number of amides is 1. The molecule has 0 saturated heterocycles. The van der Waals surface area contributed by atoms with Gasteiger partial charge in [0, 0.05) is 36.1 Å². The van der Waals surface area contributed by atoms with Crippen molar-refractivity contribution in [2.45, 2.75) is 19.9 Å². The third kappa shape index (κ3) is 4.63. The number of aryl methyl sites for hydroxylation is 1. The molecule has 0 atom stereocenters. The topological polar surface area (TPSA) is 60.2 Å². The lowest BCUT2D eigenvalue weighted by Gasteiger charge is -2.20. The minimum atomic E-state index is -0.0959. The van der Waals surface area contributed by atoms with E-state index in [1.165, 1.54) is 11.3 Å². The summed E-state index contributed by atoms with van der Waals surface area (Å²) in [7, 11) is 0. The number of anilines is 1. The fourth-order valence-corrected chi connectivity index (χ4v) is 4.27. The first-order valence-electron chi connectivity index (χ1n) is 9.70. The highest BCUT2D eigenvalue weighted by Crippen LogP contribution is 2.32. The van der Waals surface area contributed by atoms with Crippen LogP contribution >= 0.6 is 22.9 Å². The van der Waals surface area contributed by atoms with Crippen LogP contribution in [0.3, 0.4) is 0 Å². The van der Waals surface area contributed by atoms with Crippen molar-refractivity contribution in [3.63, 3.8) is 0 Å². The van der Waals surface area contributed by atoms with E-state index in [9.17, 15) is 4.79 Å². The number of ether oxygens (including phenoxy) is 1. The van der Waals surface area contributed by atoms with Crippen LogP contribution in [0.5, 0.6) is 5.75 Å². The van der Waals surface area contributed by atoms with E-state index in [1.54, 1.807) is 41.7 Å². The zero-order valence-corrected chi connectivity index (χ0v) is 18.1. The monoisotopic (exact) mass is 440 g/mol. The summed E-state index contributed by atoms with van der Waals surface area (Å²) >= 11 is 7.48. The Morgan fingerprint density at radius 1 is 1.23 bits per heavy atom. The van der Waals surface area contributed by atoms with Crippen LogP contribution in [0.4, 0.5) is 5.13 Å². The number of imidazole rings is 1. The first-order valence-corrected chi connectivity index (χ1v) is 10.9. The number of hydrogen-bond acceptors (Lipinski definition) is 5. The van der Waals surface area contributed by atoms with Crippen molar-refractivity contribution >= 4 is 44.2 Å². The second-order valence-corrected chi connectivity index (χ2v) is 8.12. The van der Waals surface area contributed by atoms with Crippen LogP contribution in [0.25, 0.3) is 10.2 Å². The van der Waals surface area contributed by atoms with E-state index in [-0.39, 0.29) is 5.91 Å². The Bertz CT molecular complexity index is 1130. The van der Waals surface area contributed by atoms with Crippen LogP contribution in [0.1, 0.15) is 23.7 Å². The third-order valence-electron chi connectivity index (χ3n) is 4.58. The zero-order chi connectivity index (χ0) is 20.9. The summed E-state index contributed by atoms with van der Waals surface area (Å²) in [5.74, 6) is 0.706. The summed E-state index contributed by atoms with van der Waals surface area (Å²) in [5, 5.41) is 1.27. The highest BCUT2D eigenvalue weighted by Gasteiger charge is 2.21. The van der Waals surface area contributed by atoms with E-state index in [4.69, 9.17) is 21.3 Å². The molecule has 1 amide bonds. The number of carbonyl (C=O) groups excluding carboxylic acids is 1. The van der Waals surface area contributed by atoms with Crippen molar-refractivity contribution in [2.24, 2.45) is 0 Å². The maximum absolute atomic E-state index is 13.3. The van der Waals surface area contributed by atoms with Gasteiger partial charge in [-0.2, -0.15) is 0 Å². The smallest absolute Gasteiger partial charge is 0.260 e. The molecule has 30 heavy (non-hydrogen) atoms. The van der Waals surface area contributed by atoms with Crippen LogP contribution in [0.2, 0.25) is 5.02 Å². The summed E-state index contributed by atoms with van der Waals surface area (Å²) in [4.78, 5) is 23.8. The predicted octanol–water partition coefficient (Wildman–Crippen LogP) is 5.28. The second kappa shape index (κ2) is 9.28. The highest BCUT2D eigenvalue weighted by atomic mass is 35.5. The molecule has 8 heteroatoms. The summed E-state index contributed by atoms with van der Waals surface area (Å²) in [5.41, 5.74) is 1.43. The summed E-state index contributed by atoms with van der Waals surface area (Å²) in [6.07, 6.45) is 6.21. The van der Waals surface area contributed by atoms with E-state index in [0.717, 1.165) is 28.9 Å². The van der Waals surface area contributed by atoms with Gasteiger partial charge in [-0.15, -0.1) is 0 Å².